The number of nitrogens with zero attached hydrogens (tertiary/aromatic N) is 3. The minimum absolute atomic E-state index is 0.0217. The van der Waals surface area contributed by atoms with E-state index in [4.69, 9.17) is 11.6 Å². The first-order valence-corrected chi connectivity index (χ1v) is 9.44. The predicted molar refractivity (Wildman–Crippen MR) is 109 cm³/mol. The highest BCUT2D eigenvalue weighted by molar-refractivity contribution is 6.30. The topological polar surface area (TPSA) is 38.1 Å². The highest BCUT2D eigenvalue weighted by Crippen LogP contribution is 2.16. The van der Waals surface area contributed by atoms with E-state index in [1.165, 1.54) is 11.1 Å². The lowest BCUT2D eigenvalue weighted by Crippen LogP contribution is -2.37. The van der Waals surface area contributed by atoms with Crippen LogP contribution in [0.3, 0.4) is 0 Å². The Morgan fingerprint density at radius 2 is 1.78 bits per heavy atom. The number of hydrogen-bond acceptors (Lipinski definition) is 2. The SMILES string of the molecule is Cc1ccc(Cn2ccnc2CN(C(=O)c2ccc(Cl)cc2)C(C)C)cc1. The number of aromatic nitrogens is 2. The molecule has 3 rings (SSSR count). The Morgan fingerprint density at radius 1 is 1.11 bits per heavy atom. The number of benzene rings is 2. The summed E-state index contributed by atoms with van der Waals surface area (Å²) in [5.74, 6) is 0.846. The minimum atomic E-state index is -0.0217. The van der Waals surface area contributed by atoms with Crippen LogP contribution in [0, 0.1) is 6.92 Å². The molecule has 0 unspecified atom stereocenters. The lowest BCUT2D eigenvalue weighted by atomic mass is 10.1. The third kappa shape index (κ3) is 4.77. The second-order valence-electron chi connectivity index (χ2n) is 6.99. The first-order valence-electron chi connectivity index (χ1n) is 9.06. The summed E-state index contributed by atoms with van der Waals surface area (Å²) >= 11 is 5.94. The Morgan fingerprint density at radius 3 is 2.41 bits per heavy atom. The van der Waals surface area contributed by atoms with Gasteiger partial charge in [0.05, 0.1) is 6.54 Å². The molecule has 3 aromatic rings. The molecule has 5 heteroatoms. The third-order valence-corrected chi connectivity index (χ3v) is 4.81. The van der Waals surface area contributed by atoms with Crippen LogP contribution in [-0.2, 0) is 13.1 Å². The van der Waals surface area contributed by atoms with Crippen molar-refractivity contribution in [2.24, 2.45) is 0 Å². The van der Waals surface area contributed by atoms with Crippen molar-refractivity contribution in [2.75, 3.05) is 0 Å². The number of halogens is 1. The van der Waals surface area contributed by atoms with E-state index in [9.17, 15) is 4.79 Å². The van der Waals surface area contributed by atoms with Crippen molar-refractivity contribution in [1.29, 1.82) is 0 Å². The maximum Gasteiger partial charge on any atom is 0.254 e. The van der Waals surface area contributed by atoms with Crippen LogP contribution in [0.25, 0.3) is 0 Å². The van der Waals surface area contributed by atoms with Gasteiger partial charge in [-0.15, -0.1) is 0 Å². The summed E-state index contributed by atoms with van der Waals surface area (Å²) in [5.41, 5.74) is 3.08. The summed E-state index contributed by atoms with van der Waals surface area (Å²) in [5, 5.41) is 0.622. The second-order valence-corrected chi connectivity index (χ2v) is 7.43. The van der Waals surface area contributed by atoms with E-state index < -0.39 is 0 Å². The highest BCUT2D eigenvalue weighted by Gasteiger charge is 2.21. The third-order valence-electron chi connectivity index (χ3n) is 4.56. The first kappa shape index (κ1) is 19.2. The Hall–Kier alpha value is -2.59. The molecule has 0 aliphatic rings. The number of aryl methyl sites for hydroxylation is 1. The predicted octanol–water partition coefficient (Wildman–Crippen LogP) is 4.94. The molecule has 0 aliphatic heterocycles. The summed E-state index contributed by atoms with van der Waals surface area (Å²) in [6.07, 6.45) is 3.75. The van der Waals surface area contributed by atoms with E-state index in [2.05, 4.69) is 40.7 Å². The largest absolute Gasteiger partial charge is 0.329 e. The van der Waals surface area contributed by atoms with Gasteiger partial charge in [-0.05, 0) is 50.6 Å². The fourth-order valence-corrected chi connectivity index (χ4v) is 3.05. The summed E-state index contributed by atoms with van der Waals surface area (Å²) in [6.45, 7) is 7.30. The molecule has 1 amide bonds. The number of rotatable bonds is 6. The van der Waals surface area contributed by atoms with Crippen LogP contribution in [0.5, 0.6) is 0 Å². The van der Waals surface area contributed by atoms with Crippen molar-refractivity contribution >= 4 is 17.5 Å². The van der Waals surface area contributed by atoms with Gasteiger partial charge in [0.2, 0.25) is 0 Å². The molecule has 0 spiro atoms. The number of imidazole rings is 1. The van der Waals surface area contributed by atoms with E-state index in [1.54, 1.807) is 30.5 Å². The molecule has 0 aliphatic carbocycles. The van der Waals surface area contributed by atoms with Crippen molar-refractivity contribution in [1.82, 2.24) is 14.5 Å². The van der Waals surface area contributed by atoms with Crippen molar-refractivity contribution in [3.8, 4) is 0 Å². The molecule has 0 saturated carbocycles. The zero-order valence-electron chi connectivity index (χ0n) is 15.9. The number of hydrogen-bond donors (Lipinski definition) is 0. The Balaban J connectivity index is 1.79. The Labute approximate surface area is 165 Å². The summed E-state index contributed by atoms with van der Waals surface area (Å²) in [7, 11) is 0. The van der Waals surface area contributed by atoms with Gasteiger partial charge in [0.15, 0.2) is 0 Å². The Kier molecular flexibility index (Phi) is 5.97. The van der Waals surface area contributed by atoms with Gasteiger partial charge in [0.25, 0.3) is 5.91 Å². The van der Waals surface area contributed by atoms with Crippen molar-refractivity contribution in [2.45, 2.75) is 39.9 Å². The number of carbonyl (C=O) groups excluding carboxylic acids is 1. The van der Waals surface area contributed by atoms with Crippen LogP contribution in [0.15, 0.2) is 60.9 Å². The Bertz CT molecular complexity index is 898. The zero-order valence-corrected chi connectivity index (χ0v) is 16.6. The molecule has 1 aromatic heterocycles. The molecule has 0 radical (unpaired) electrons. The first-order chi connectivity index (χ1) is 12.9. The van der Waals surface area contributed by atoms with E-state index in [0.717, 1.165) is 12.4 Å². The standard InChI is InChI=1S/C22H24ClN3O/c1-16(2)26(22(27)19-8-10-20(23)11-9-19)15-21-24-12-13-25(21)14-18-6-4-17(3)5-7-18/h4-13,16H,14-15H2,1-3H3. The van der Waals surface area contributed by atoms with Gasteiger partial charge in [-0.25, -0.2) is 4.98 Å². The van der Waals surface area contributed by atoms with Gasteiger partial charge >= 0.3 is 0 Å². The van der Waals surface area contributed by atoms with E-state index >= 15 is 0 Å². The average molecular weight is 382 g/mol. The minimum Gasteiger partial charge on any atom is -0.329 e. The maximum atomic E-state index is 13.0. The normalized spacial score (nSPS) is 11.0. The van der Waals surface area contributed by atoms with Gasteiger partial charge < -0.3 is 9.47 Å². The lowest BCUT2D eigenvalue weighted by Gasteiger charge is -2.27. The van der Waals surface area contributed by atoms with E-state index in [1.807, 2.05) is 24.9 Å². The van der Waals surface area contributed by atoms with Crippen LogP contribution in [0.2, 0.25) is 5.02 Å². The molecule has 1 heterocycles. The van der Waals surface area contributed by atoms with Gasteiger partial charge in [0, 0.05) is 35.6 Å². The number of amides is 1. The van der Waals surface area contributed by atoms with Crippen LogP contribution < -0.4 is 0 Å². The van der Waals surface area contributed by atoms with Crippen LogP contribution in [0.1, 0.15) is 41.2 Å². The molecule has 27 heavy (non-hydrogen) atoms. The molecule has 0 N–H and O–H groups in total. The van der Waals surface area contributed by atoms with Crippen molar-refractivity contribution in [3.05, 3.63) is 88.5 Å². The quantitative estimate of drug-likeness (QED) is 0.606. The fraction of sp³-hybridized carbons (Fsp3) is 0.273. The lowest BCUT2D eigenvalue weighted by molar-refractivity contribution is 0.0683. The van der Waals surface area contributed by atoms with Gasteiger partial charge in [0.1, 0.15) is 5.82 Å². The molecular weight excluding hydrogens is 358 g/mol. The summed E-state index contributed by atoms with van der Waals surface area (Å²) < 4.78 is 2.09. The van der Waals surface area contributed by atoms with E-state index in [0.29, 0.717) is 17.1 Å². The van der Waals surface area contributed by atoms with Crippen LogP contribution >= 0.6 is 11.6 Å². The maximum absolute atomic E-state index is 13.0. The molecule has 0 fully saturated rings. The van der Waals surface area contributed by atoms with Gasteiger partial charge in [-0.1, -0.05) is 41.4 Å². The van der Waals surface area contributed by atoms with Crippen LogP contribution in [-0.4, -0.2) is 26.4 Å². The molecular formula is C22H24ClN3O. The smallest absolute Gasteiger partial charge is 0.254 e. The average Bonchev–Trinajstić information content (AvgIpc) is 3.08. The van der Waals surface area contributed by atoms with Gasteiger partial charge in [-0.2, -0.15) is 0 Å². The molecule has 0 bridgehead atoms. The van der Waals surface area contributed by atoms with E-state index in [-0.39, 0.29) is 11.9 Å². The van der Waals surface area contributed by atoms with Crippen molar-refractivity contribution in [3.63, 3.8) is 0 Å². The molecule has 0 atom stereocenters. The molecule has 2 aromatic carbocycles. The van der Waals surface area contributed by atoms with Crippen LogP contribution in [0.4, 0.5) is 0 Å². The summed E-state index contributed by atoms with van der Waals surface area (Å²) in [4.78, 5) is 19.3. The molecule has 140 valence electrons. The molecule has 0 saturated heterocycles. The zero-order chi connectivity index (χ0) is 19.4. The highest BCUT2D eigenvalue weighted by atomic mass is 35.5. The van der Waals surface area contributed by atoms with Crippen molar-refractivity contribution < 1.29 is 4.79 Å². The summed E-state index contributed by atoms with van der Waals surface area (Å²) in [6, 6.07) is 15.5. The monoisotopic (exact) mass is 381 g/mol. The molecule has 4 nitrogen and oxygen atoms in total. The van der Waals surface area contributed by atoms with Gasteiger partial charge in [-0.3, -0.25) is 4.79 Å². The number of carbonyl (C=O) groups is 1. The fourth-order valence-electron chi connectivity index (χ4n) is 2.93. The second kappa shape index (κ2) is 8.40.